The van der Waals surface area contributed by atoms with Crippen LogP contribution in [0.15, 0.2) is 24.3 Å². The number of hydrogen-bond donors (Lipinski definition) is 0. The fourth-order valence-corrected chi connectivity index (χ4v) is 2.88. The first-order valence-corrected chi connectivity index (χ1v) is 9.16. The average molecular weight is 330 g/mol. The molecule has 0 bridgehead atoms. The lowest BCUT2D eigenvalue weighted by molar-refractivity contribution is -0.126. The molecule has 0 fully saturated rings. The Bertz CT molecular complexity index is 546. The van der Waals surface area contributed by atoms with Crippen molar-refractivity contribution >= 4 is 17.3 Å². The molecular formula is C21H30O3. The van der Waals surface area contributed by atoms with E-state index in [1.54, 1.807) is 18.2 Å². The van der Waals surface area contributed by atoms with Crippen LogP contribution in [0.2, 0.25) is 0 Å². The van der Waals surface area contributed by atoms with Crippen molar-refractivity contribution in [3.8, 4) is 0 Å². The minimum absolute atomic E-state index is 0.0118. The van der Waals surface area contributed by atoms with Gasteiger partial charge in [0, 0.05) is 18.4 Å². The zero-order valence-electron chi connectivity index (χ0n) is 15.1. The molecule has 24 heavy (non-hydrogen) atoms. The van der Waals surface area contributed by atoms with Crippen LogP contribution in [0.3, 0.4) is 0 Å². The van der Waals surface area contributed by atoms with Gasteiger partial charge in [-0.25, -0.2) is 0 Å². The van der Waals surface area contributed by atoms with Gasteiger partial charge in [-0.05, 0) is 18.9 Å². The molecule has 3 heteroatoms. The smallest absolute Gasteiger partial charge is 0.160 e. The maximum absolute atomic E-state index is 12.1. The number of hydrogen-bond acceptors (Lipinski definition) is 3. The molecule has 0 unspecified atom stereocenters. The van der Waals surface area contributed by atoms with Crippen LogP contribution in [0.4, 0.5) is 0 Å². The van der Waals surface area contributed by atoms with Crippen molar-refractivity contribution in [3.05, 3.63) is 35.4 Å². The molecule has 3 nitrogen and oxygen atoms in total. The van der Waals surface area contributed by atoms with Gasteiger partial charge in [0.2, 0.25) is 0 Å². The second kappa shape index (κ2) is 11.7. The lowest BCUT2D eigenvalue weighted by Crippen LogP contribution is -2.12. The molecule has 0 N–H and O–H groups in total. The first-order chi connectivity index (χ1) is 11.5. The van der Waals surface area contributed by atoms with Crippen molar-refractivity contribution in [2.45, 2.75) is 78.1 Å². The summed E-state index contributed by atoms with van der Waals surface area (Å²) < 4.78 is 0. The zero-order chi connectivity index (χ0) is 17.8. The Kier molecular flexibility index (Phi) is 9.90. The van der Waals surface area contributed by atoms with E-state index in [0.717, 1.165) is 18.4 Å². The number of benzene rings is 1. The van der Waals surface area contributed by atoms with Gasteiger partial charge in [0.15, 0.2) is 5.78 Å². The second-order valence-corrected chi connectivity index (χ2v) is 6.52. The molecule has 132 valence electrons. The molecule has 0 aliphatic rings. The average Bonchev–Trinajstić information content (AvgIpc) is 2.54. The van der Waals surface area contributed by atoms with E-state index in [2.05, 4.69) is 6.92 Å². The minimum atomic E-state index is -0.100. The van der Waals surface area contributed by atoms with Gasteiger partial charge in [-0.2, -0.15) is 0 Å². The number of Topliss-reactive ketones (excluding diaryl/α,β-unsaturated/α-hetero) is 3. The number of unbranched alkanes of at least 4 members (excludes halogenated alkanes) is 6. The van der Waals surface area contributed by atoms with E-state index in [9.17, 15) is 14.4 Å². The van der Waals surface area contributed by atoms with Gasteiger partial charge in [0.1, 0.15) is 11.6 Å². The summed E-state index contributed by atoms with van der Waals surface area (Å²) in [5.41, 5.74) is 1.30. The lowest BCUT2D eigenvalue weighted by atomic mass is 9.97. The maximum atomic E-state index is 12.1. The molecule has 1 aromatic rings. The Labute approximate surface area is 145 Å². The van der Waals surface area contributed by atoms with E-state index < -0.39 is 0 Å². The van der Waals surface area contributed by atoms with Crippen molar-refractivity contribution in [1.29, 1.82) is 0 Å². The Morgan fingerprint density at radius 3 is 2.12 bits per heavy atom. The predicted octanol–water partition coefficient (Wildman–Crippen LogP) is 5.10. The fourth-order valence-electron chi connectivity index (χ4n) is 2.88. The van der Waals surface area contributed by atoms with Crippen LogP contribution in [0, 0.1) is 0 Å². The molecule has 0 amide bonds. The molecular weight excluding hydrogens is 300 g/mol. The van der Waals surface area contributed by atoms with Crippen molar-refractivity contribution in [3.63, 3.8) is 0 Å². The quantitative estimate of drug-likeness (QED) is 0.287. The third-order valence-electron chi connectivity index (χ3n) is 4.24. The molecule has 0 heterocycles. The standard InChI is InChI=1S/C21H30O3/c1-3-4-5-6-7-8-9-13-19(23)16-20(24)15-18-12-10-11-14-21(18)17(2)22/h10-12,14H,3-9,13,15-16H2,1-2H3. The second-order valence-electron chi connectivity index (χ2n) is 6.52. The van der Waals surface area contributed by atoms with Crippen LogP contribution in [0.25, 0.3) is 0 Å². The van der Waals surface area contributed by atoms with Crippen LogP contribution >= 0.6 is 0 Å². The summed E-state index contributed by atoms with van der Waals surface area (Å²) in [4.78, 5) is 35.5. The molecule has 0 aliphatic carbocycles. The number of rotatable bonds is 13. The van der Waals surface area contributed by atoms with Crippen LogP contribution in [-0.2, 0) is 16.0 Å². The van der Waals surface area contributed by atoms with Gasteiger partial charge in [-0.15, -0.1) is 0 Å². The highest BCUT2D eigenvalue weighted by atomic mass is 16.1. The Morgan fingerprint density at radius 2 is 1.46 bits per heavy atom. The predicted molar refractivity (Wildman–Crippen MR) is 97.4 cm³/mol. The lowest BCUT2D eigenvalue weighted by Gasteiger charge is -2.06. The number of carbonyl (C=O) groups is 3. The van der Waals surface area contributed by atoms with Gasteiger partial charge < -0.3 is 0 Å². The first kappa shape index (κ1) is 20.3. The van der Waals surface area contributed by atoms with Crippen molar-refractivity contribution in [2.75, 3.05) is 0 Å². The molecule has 1 rings (SSSR count). The minimum Gasteiger partial charge on any atom is -0.299 e. The zero-order valence-corrected chi connectivity index (χ0v) is 15.1. The van der Waals surface area contributed by atoms with E-state index in [1.165, 1.54) is 39.0 Å². The highest BCUT2D eigenvalue weighted by molar-refractivity contribution is 6.02. The highest BCUT2D eigenvalue weighted by Gasteiger charge is 2.13. The monoisotopic (exact) mass is 330 g/mol. The fraction of sp³-hybridized carbons (Fsp3) is 0.571. The summed E-state index contributed by atoms with van der Waals surface area (Å²) in [7, 11) is 0. The SMILES string of the molecule is CCCCCCCCCC(=O)CC(=O)Cc1ccccc1C(C)=O. The molecule has 0 atom stereocenters. The van der Waals surface area contributed by atoms with E-state index in [-0.39, 0.29) is 30.2 Å². The maximum Gasteiger partial charge on any atom is 0.160 e. The Morgan fingerprint density at radius 1 is 0.833 bits per heavy atom. The van der Waals surface area contributed by atoms with Crippen molar-refractivity contribution in [1.82, 2.24) is 0 Å². The Balaban J connectivity index is 2.28. The molecule has 0 radical (unpaired) electrons. The van der Waals surface area contributed by atoms with Crippen molar-refractivity contribution < 1.29 is 14.4 Å². The first-order valence-electron chi connectivity index (χ1n) is 9.16. The highest BCUT2D eigenvalue weighted by Crippen LogP contribution is 2.13. The van der Waals surface area contributed by atoms with E-state index in [1.807, 2.05) is 6.07 Å². The molecule has 0 saturated carbocycles. The molecule has 0 aromatic heterocycles. The number of carbonyl (C=O) groups excluding carboxylic acids is 3. The van der Waals surface area contributed by atoms with Gasteiger partial charge in [-0.1, -0.05) is 69.7 Å². The Hall–Kier alpha value is -1.77. The van der Waals surface area contributed by atoms with E-state index in [0.29, 0.717) is 12.0 Å². The molecule has 1 aromatic carbocycles. The summed E-state index contributed by atoms with van der Waals surface area (Å²) in [6.45, 7) is 3.69. The van der Waals surface area contributed by atoms with Crippen LogP contribution in [0.5, 0.6) is 0 Å². The van der Waals surface area contributed by atoms with E-state index >= 15 is 0 Å². The molecule has 0 saturated heterocycles. The molecule has 0 aliphatic heterocycles. The van der Waals surface area contributed by atoms with Gasteiger partial charge in [0.05, 0.1) is 6.42 Å². The van der Waals surface area contributed by atoms with Crippen molar-refractivity contribution in [2.24, 2.45) is 0 Å². The van der Waals surface area contributed by atoms with Crippen LogP contribution in [0.1, 0.15) is 87.6 Å². The summed E-state index contributed by atoms with van der Waals surface area (Å²) >= 11 is 0. The third-order valence-corrected chi connectivity index (χ3v) is 4.24. The van der Waals surface area contributed by atoms with Crippen LogP contribution in [-0.4, -0.2) is 17.3 Å². The van der Waals surface area contributed by atoms with Gasteiger partial charge >= 0.3 is 0 Å². The van der Waals surface area contributed by atoms with E-state index in [4.69, 9.17) is 0 Å². The summed E-state index contributed by atoms with van der Waals surface area (Å²) in [6.07, 6.45) is 8.81. The van der Waals surface area contributed by atoms with Gasteiger partial charge in [-0.3, -0.25) is 14.4 Å². The van der Waals surface area contributed by atoms with Gasteiger partial charge in [0.25, 0.3) is 0 Å². The summed E-state index contributed by atoms with van der Waals surface area (Å²) in [6, 6.07) is 7.12. The van der Waals surface area contributed by atoms with Crippen LogP contribution < -0.4 is 0 Å². The topological polar surface area (TPSA) is 51.2 Å². The number of ketones is 3. The molecule has 0 spiro atoms. The largest absolute Gasteiger partial charge is 0.299 e. The summed E-state index contributed by atoms with van der Waals surface area (Å²) in [5, 5.41) is 0. The summed E-state index contributed by atoms with van der Waals surface area (Å²) in [5.74, 6) is -0.127. The normalized spacial score (nSPS) is 10.6. The third kappa shape index (κ3) is 8.19.